The maximum atomic E-state index is 11.5. The molecule has 0 aromatic carbocycles. The number of carbonyl (C=O) groups excluding carboxylic acids is 1. The lowest BCUT2D eigenvalue weighted by Gasteiger charge is -2.12. The van der Waals surface area contributed by atoms with Crippen LogP contribution in [0, 0.1) is 5.92 Å². The lowest BCUT2D eigenvalue weighted by atomic mass is 10.2. The summed E-state index contributed by atoms with van der Waals surface area (Å²) in [5.41, 5.74) is 1.10. The van der Waals surface area contributed by atoms with Crippen LogP contribution in [0.1, 0.15) is 26.3 Å². The summed E-state index contributed by atoms with van der Waals surface area (Å²) in [5, 5.41) is 9.73. The molecular formula is C16H27ClIN5O. The Morgan fingerprint density at radius 2 is 1.96 bits per heavy atom. The minimum atomic E-state index is 0. The minimum absolute atomic E-state index is 0. The Morgan fingerprint density at radius 1 is 1.25 bits per heavy atom. The van der Waals surface area contributed by atoms with Crippen LogP contribution in [0.2, 0.25) is 5.15 Å². The van der Waals surface area contributed by atoms with Crippen LogP contribution in [0.25, 0.3) is 0 Å². The molecule has 0 atom stereocenters. The van der Waals surface area contributed by atoms with E-state index in [1.807, 2.05) is 26.8 Å². The zero-order valence-electron chi connectivity index (χ0n) is 14.4. The van der Waals surface area contributed by atoms with Crippen molar-refractivity contribution in [2.75, 3.05) is 26.2 Å². The molecular weight excluding hydrogens is 441 g/mol. The molecule has 1 aromatic heterocycles. The molecule has 1 amide bonds. The van der Waals surface area contributed by atoms with Crippen LogP contribution in [0.5, 0.6) is 0 Å². The number of carbonyl (C=O) groups is 1. The third-order valence-corrected chi connectivity index (χ3v) is 3.27. The topological polar surface area (TPSA) is 78.4 Å². The Hall–Kier alpha value is -1.09. The molecule has 0 spiro atoms. The number of hydrogen-bond acceptors (Lipinski definition) is 3. The van der Waals surface area contributed by atoms with Crippen molar-refractivity contribution >= 4 is 47.4 Å². The summed E-state index contributed by atoms with van der Waals surface area (Å²) >= 11 is 5.76. The van der Waals surface area contributed by atoms with Gasteiger partial charge in [-0.3, -0.25) is 9.79 Å². The first-order valence-corrected chi connectivity index (χ1v) is 8.31. The van der Waals surface area contributed by atoms with Gasteiger partial charge < -0.3 is 16.0 Å². The van der Waals surface area contributed by atoms with E-state index in [-0.39, 0.29) is 35.8 Å². The highest BCUT2D eigenvalue weighted by Gasteiger charge is 2.05. The van der Waals surface area contributed by atoms with E-state index in [1.165, 1.54) is 0 Å². The van der Waals surface area contributed by atoms with Crippen LogP contribution in [-0.4, -0.2) is 43.0 Å². The number of guanidine groups is 1. The van der Waals surface area contributed by atoms with E-state index in [4.69, 9.17) is 11.6 Å². The Kier molecular flexibility index (Phi) is 12.6. The molecule has 1 rings (SSSR count). The molecule has 24 heavy (non-hydrogen) atoms. The van der Waals surface area contributed by atoms with Crippen molar-refractivity contribution in [3.05, 3.63) is 29.0 Å². The van der Waals surface area contributed by atoms with Gasteiger partial charge in [0.05, 0.1) is 0 Å². The van der Waals surface area contributed by atoms with Gasteiger partial charge in [0, 0.05) is 38.3 Å². The molecule has 0 unspecified atom stereocenters. The highest BCUT2D eigenvalue weighted by molar-refractivity contribution is 14.0. The molecule has 0 saturated heterocycles. The minimum Gasteiger partial charge on any atom is -0.357 e. The van der Waals surface area contributed by atoms with E-state index in [0.717, 1.165) is 24.5 Å². The molecule has 0 radical (unpaired) electrons. The van der Waals surface area contributed by atoms with Gasteiger partial charge in [0.25, 0.3) is 0 Å². The van der Waals surface area contributed by atoms with E-state index in [1.54, 1.807) is 12.3 Å². The van der Waals surface area contributed by atoms with Gasteiger partial charge in [-0.1, -0.05) is 31.5 Å². The predicted molar refractivity (Wildman–Crippen MR) is 110 cm³/mol. The summed E-state index contributed by atoms with van der Waals surface area (Å²) in [5.74, 6) is 0.807. The second-order valence-corrected chi connectivity index (χ2v) is 5.76. The number of rotatable bonds is 8. The average Bonchev–Trinajstić information content (AvgIpc) is 2.53. The number of amides is 1. The third-order valence-electron chi connectivity index (χ3n) is 3.04. The predicted octanol–water partition coefficient (Wildman–Crippen LogP) is 2.22. The first-order chi connectivity index (χ1) is 11.0. The van der Waals surface area contributed by atoms with Gasteiger partial charge in [0.2, 0.25) is 5.91 Å². The highest BCUT2D eigenvalue weighted by atomic mass is 127. The van der Waals surface area contributed by atoms with Crippen molar-refractivity contribution in [2.45, 2.75) is 27.2 Å². The molecule has 1 heterocycles. The van der Waals surface area contributed by atoms with Crippen molar-refractivity contribution in [1.29, 1.82) is 0 Å². The second-order valence-electron chi connectivity index (χ2n) is 5.37. The maximum absolute atomic E-state index is 11.5. The number of halogens is 2. The first-order valence-electron chi connectivity index (χ1n) is 7.93. The number of pyridine rings is 1. The van der Waals surface area contributed by atoms with E-state index in [2.05, 4.69) is 25.9 Å². The maximum Gasteiger partial charge on any atom is 0.222 e. The molecule has 0 aliphatic rings. The first kappa shape index (κ1) is 22.9. The number of nitrogens with one attached hydrogen (secondary N) is 3. The van der Waals surface area contributed by atoms with Gasteiger partial charge in [-0.25, -0.2) is 4.98 Å². The molecule has 0 aliphatic heterocycles. The molecule has 6 nitrogen and oxygen atoms in total. The van der Waals surface area contributed by atoms with Crippen molar-refractivity contribution in [1.82, 2.24) is 20.9 Å². The molecule has 1 aromatic rings. The number of aliphatic imine (C=N–C) groups is 1. The van der Waals surface area contributed by atoms with Crippen LogP contribution in [0.15, 0.2) is 23.3 Å². The fourth-order valence-electron chi connectivity index (χ4n) is 1.76. The Balaban J connectivity index is 0.00000529. The Bertz CT molecular complexity index is 508. The smallest absolute Gasteiger partial charge is 0.222 e. The van der Waals surface area contributed by atoms with Crippen molar-refractivity contribution in [3.63, 3.8) is 0 Å². The molecule has 0 aliphatic carbocycles. The standard InChI is InChI=1S/C16H26ClN5O.HI/c1-4-18-16(21-10-9-19-15(23)12(2)3)20-8-7-13-5-6-14(17)22-11-13;/h5-6,11-12H,4,7-10H2,1-3H3,(H,19,23)(H2,18,20,21);1H. The second kappa shape index (κ2) is 13.2. The van der Waals surface area contributed by atoms with E-state index in [9.17, 15) is 4.79 Å². The SMILES string of the molecule is CCNC(=NCCc1ccc(Cl)nc1)NCCNC(=O)C(C)C.I. The average molecular weight is 468 g/mol. The van der Waals surface area contributed by atoms with Gasteiger partial charge in [-0.15, -0.1) is 24.0 Å². The molecule has 0 bridgehead atoms. The van der Waals surface area contributed by atoms with Crippen LogP contribution < -0.4 is 16.0 Å². The Labute approximate surface area is 166 Å². The van der Waals surface area contributed by atoms with Crippen LogP contribution >= 0.6 is 35.6 Å². The van der Waals surface area contributed by atoms with Crippen molar-refractivity contribution in [2.24, 2.45) is 10.9 Å². The van der Waals surface area contributed by atoms with Gasteiger partial charge in [0.1, 0.15) is 5.15 Å². The van der Waals surface area contributed by atoms with Crippen LogP contribution in [0.4, 0.5) is 0 Å². The lowest BCUT2D eigenvalue weighted by Crippen LogP contribution is -2.42. The van der Waals surface area contributed by atoms with Crippen molar-refractivity contribution in [3.8, 4) is 0 Å². The molecule has 0 saturated carbocycles. The normalized spacial score (nSPS) is 11.0. The molecule has 8 heteroatoms. The van der Waals surface area contributed by atoms with E-state index >= 15 is 0 Å². The van der Waals surface area contributed by atoms with E-state index in [0.29, 0.717) is 24.8 Å². The molecule has 136 valence electrons. The van der Waals surface area contributed by atoms with Gasteiger partial charge >= 0.3 is 0 Å². The van der Waals surface area contributed by atoms with Gasteiger partial charge in [-0.05, 0) is 25.0 Å². The summed E-state index contributed by atoms with van der Waals surface area (Å²) < 4.78 is 0. The van der Waals surface area contributed by atoms with E-state index < -0.39 is 0 Å². The number of hydrogen-bond donors (Lipinski definition) is 3. The fourth-order valence-corrected chi connectivity index (χ4v) is 1.88. The summed E-state index contributed by atoms with van der Waals surface area (Å²) in [6.07, 6.45) is 2.56. The summed E-state index contributed by atoms with van der Waals surface area (Å²) in [4.78, 5) is 20.0. The van der Waals surface area contributed by atoms with Crippen molar-refractivity contribution < 1.29 is 4.79 Å². The largest absolute Gasteiger partial charge is 0.357 e. The van der Waals surface area contributed by atoms with Gasteiger partial charge in [-0.2, -0.15) is 0 Å². The quantitative estimate of drug-likeness (QED) is 0.180. The summed E-state index contributed by atoms with van der Waals surface area (Å²) in [6.45, 7) is 8.40. The summed E-state index contributed by atoms with van der Waals surface area (Å²) in [7, 11) is 0. The highest BCUT2D eigenvalue weighted by Crippen LogP contribution is 2.05. The summed E-state index contributed by atoms with van der Waals surface area (Å²) in [6, 6.07) is 3.73. The Morgan fingerprint density at radius 3 is 2.54 bits per heavy atom. The van der Waals surface area contributed by atoms with Gasteiger partial charge in [0.15, 0.2) is 5.96 Å². The van der Waals surface area contributed by atoms with Crippen LogP contribution in [-0.2, 0) is 11.2 Å². The molecule has 0 fully saturated rings. The lowest BCUT2D eigenvalue weighted by molar-refractivity contribution is -0.123. The monoisotopic (exact) mass is 467 g/mol. The zero-order chi connectivity index (χ0) is 17.1. The number of aromatic nitrogens is 1. The van der Waals surface area contributed by atoms with Crippen LogP contribution in [0.3, 0.4) is 0 Å². The third kappa shape index (κ3) is 9.92. The zero-order valence-corrected chi connectivity index (χ0v) is 17.5. The fraction of sp³-hybridized carbons (Fsp3) is 0.562. The number of nitrogens with zero attached hydrogens (tertiary/aromatic N) is 2. The molecule has 3 N–H and O–H groups in total.